The van der Waals surface area contributed by atoms with Crippen LogP contribution < -0.4 is 10.7 Å². The van der Waals surface area contributed by atoms with E-state index in [-0.39, 0.29) is 11.8 Å². The van der Waals surface area contributed by atoms with Crippen LogP contribution in [0.3, 0.4) is 0 Å². The Kier molecular flexibility index (Phi) is 17.0. The number of aromatic nitrogens is 1. The molecule has 2 amide bonds. The molecule has 0 atom stereocenters. The molecule has 0 bridgehead atoms. The number of hydrogen-bond acceptors (Lipinski definition) is 11. The molecule has 0 aliphatic heterocycles. The van der Waals surface area contributed by atoms with Crippen molar-refractivity contribution in [3.05, 3.63) is 23.9 Å². The smallest absolute Gasteiger partial charge is 0.377 e. The normalized spacial score (nSPS) is 11.7. The Morgan fingerprint density at radius 3 is 1.80 bits per heavy atom. The summed E-state index contributed by atoms with van der Waals surface area (Å²) in [4.78, 5) is 31.6. The molecule has 0 aliphatic carbocycles. The summed E-state index contributed by atoms with van der Waals surface area (Å²) in [5.74, 6) is 0.293. The Bertz CT molecular complexity index is 868. The molecule has 0 saturated heterocycles. The molecule has 1 aromatic rings. The highest BCUT2D eigenvalue weighted by Gasteiger charge is 2.38. The van der Waals surface area contributed by atoms with Gasteiger partial charge < -0.3 is 36.8 Å². The van der Waals surface area contributed by atoms with Crippen LogP contribution in [0.5, 0.6) is 0 Å². The highest BCUT2D eigenvalue weighted by atomic mass is 28.4. The molecule has 228 valence electrons. The lowest BCUT2D eigenvalue weighted by atomic mass is 10.2. The first-order valence-corrected chi connectivity index (χ1v) is 17.1. The predicted octanol–water partition coefficient (Wildman–Crippen LogP) is 2.76. The van der Waals surface area contributed by atoms with Gasteiger partial charge in [-0.2, -0.15) is 5.10 Å². The Morgan fingerprint density at radius 2 is 1.38 bits per heavy atom. The fourth-order valence-electron chi connectivity index (χ4n) is 3.91. The minimum absolute atomic E-state index is 0.00264. The van der Waals surface area contributed by atoms with Crippen molar-refractivity contribution < 1.29 is 36.1 Å². The topological polar surface area (TPSA) is 142 Å². The molecule has 0 saturated carbocycles. The lowest BCUT2D eigenvalue weighted by Crippen LogP contribution is -2.44. The van der Waals surface area contributed by atoms with Crippen LogP contribution in [-0.4, -0.2) is 107 Å². The van der Waals surface area contributed by atoms with Crippen LogP contribution in [0.1, 0.15) is 49.9 Å². The number of hydrogen-bond donors (Lipinski definition) is 2. The summed E-state index contributed by atoms with van der Waals surface area (Å²) in [6.07, 6.45) is 3.59. The van der Waals surface area contributed by atoms with Gasteiger partial charge in [-0.3, -0.25) is 15.0 Å². The van der Waals surface area contributed by atoms with E-state index >= 15 is 0 Å². The van der Waals surface area contributed by atoms with E-state index in [2.05, 4.69) is 20.8 Å². The molecule has 0 aliphatic rings. The Hall–Kier alpha value is -2.25. The SMILES string of the molecule is CO[Si](CCCN(CCC[Si](OC)(OC)OC)C(=O)CCCNC(=O)c1ccc(NN=C(C)C)nc1)(OC)OC. The highest BCUT2D eigenvalue weighted by Crippen LogP contribution is 2.18. The van der Waals surface area contributed by atoms with Crippen molar-refractivity contribution >= 4 is 41.0 Å². The van der Waals surface area contributed by atoms with Gasteiger partial charge in [0.1, 0.15) is 5.82 Å². The van der Waals surface area contributed by atoms with Gasteiger partial charge in [0.15, 0.2) is 0 Å². The van der Waals surface area contributed by atoms with Crippen molar-refractivity contribution in [3.8, 4) is 0 Å². The maximum absolute atomic E-state index is 13.2. The summed E-state index contributed by atoms with van der Waals surface area (Å²) < 4.78 is 33.0. The van der Waals surface area contributed by atoms with E-state index in [1.165, 1.54) is 6.20 Å². The van der Waals surface area contributed by atoms with Gasteiger partial charge in [-0.1, -0.05) is 0 Å². The number of nitrogens with zero attached hydrogens (tertiary/aromatic N) is 3. The quantitative estimate of drug-likeness (QED) is 0.0935. The second-order valence-electron chi connectivity index (χ2n) is 9.14. The molecule has 13 nitrogen and oxygen atoms in total. The molecule has 0 aromatic carbocycles. The van der Waals surface area contributed by atoms with Crippen molar-refractivity contribution in [2.75, 3.05) is 67.7 Å². The summed E-state index contributed by atoms with van der Waals surface area (Å²) >= 11 is 0. The summed E-state index contributed by atoms with van der Waals surface area (Å²) in [5, 5.41) is 6.93. The number of rotatable bonds is 21. The number of hydrazone groups is 1. The molecular formula is C25H47N5O8Si2. The number of anilines is 1. The zero-order valence-corrected chi connectivity index (χ0v) is 27.2. The number of pyridine rings is 1. The average Bonchev–Trinajstić information content (AvgIpc) is 2.98. The van der Waals surface area contributed by atoms with Crippen LogP contribution in [-0.2, 0) is 31.4 Å². The zero-order chi connectivity index (χ0) is 30.0. The molecule has 1 rings (SSSR count). The van der Waals surface area contributed by atoms with Gasteiger partial charge in [-0.25, -0.2) is 4.98 Å². The monoisotopic (exact) mass is 601 g/mol. The van der Waals surface area contributed by atoms with Crippen LogP contribution in [0.15, 0.2) is 23.4 Å². The first kappa shape index (κ1) is 35.8. The molecule has 40 heavy (non-hydrogen) atoms. The Labute approximate surface area is 240 Å². The van der Waals surface area contributed by atoms with Gasteiger partial charge in [0.05, 0.1) is 5.56 Å². The van der Waals surface area contributed by atoms with Crippen molar-refractivity contribution in [1.82, 2.24) is 15.2 Å². The number of amides is 2. The first-order valence-electron chi connectivity index (χ1n) is 13.2. The number of nitrogens with one attached hydrogen (secondary N) is 2. The molecule has 2 N–H and O–H groups in total. The Balaban J connectivity index is 2.67. The first-order chi connectivity index (χ1) is 19.1. The van der Waals surface area contributed by atoms with Crippen molar-refractivity contribution in [3.63, 3.8) is 0 Å². The summed E-state index contributed by atoms with van der Waals surface area (Å²) in [6.45, 7) is 5.13. The molecule has 0 spiro atoms. The Morgan fingerprint density at radius 1 is 0.850 bits per heavy atom. The molecule has 0 unspecified atom stereocenters. The van der Waals surface area contributed by atoms with Crippen LogP contribution in [0.25, 0.3) is 0 Å². The highest BCUT2D eigenvalue weighted by molar-refractivity contribution is 6.60. The molecule has 0 radical (unpaired) electrons. The molecule has 0 fully saturated rings. The van der Waals surface area contributed by atoms with Crippen LogP contribution in [0, 0.1) is 0 Å². The van der Waals surface area contributed by atoms with Crippen molar-refractivity contribution in [1.29, 1.82) is 0 Å². The molecule has 1 aromatic heterocycles. The van der Waals surface area contributed by atoms with Crippen LogP contribution in [0.4, 0.5) is 5.82 Å². The third-order valence-electron chi connectivity index (χ3n) is 6.31. The second kappa shape index (κ2) is 19.0. The fourth-order valence-corrected chi connectivity index (χ4v) is 7.32. The van der Waals surface area contributed by atoms with E-state index in [1.54, 1.807) is 54.8 Å². The van der Waals surface area contributed by atoms with Gasteiger partial charge in [-0.15, -0.1) is 0 Å². The standard InChI is InChI=1S/C25H47N5O8Si2/c1-21(2)28-29-23-14-13-22(20-27-23)25(32)26-15-9-12-24(31)30(16-10-18-39(33-3,34-4)35-5)17-11-19-40(36-6,37-7)38-8/h13-14,20H,9-12,15-19H2,1-8H3,(H,26,32)(H,27,29). The van der Waals surface area contributed by atoms with Gasteiger partial charge in [-0.05, 0) is 45.2 Å². The average molecular weight is 602 g/mol. The third kappa shape index (κ3) is 12.1. The third-order valence-corrected chi connectivity index (χ3v) is 12.0. The zero-order valence-electron chi connectivity index (χ0n) is 25.2. The van der Waals surface area contributed by atoms with E-state index in [1.807, 2.05) is 18.7 Å². The van der Waals surface area contributed by atoms with E-state index in [4.69, 9.17) is 26.6 Å². The summed E-state index contributed by atoms with van der Waals surface area (Å²) in [6, 6.07) is 4.52. The summed E-state index contributed by atoms with van der Waals surface area (Å²) in [7, 11) is 3.96. The summed E-state index contributed by atoms with van der Waals surface area (Å²) in [5.41, 5.74) is 4.11. The van der Waals surface area contributed by atoms with E-state index in [0.717, 1.165) is 5.71 Å². The minimum atomic E-state index is -2.74. The molecular weight excluding hydrogens is 554 g/mol. The van der Waals surface area contributed by atoms with Gasteiger partial charge in [0.25, 0.3) is 5.91 Å². The van der Waals surface area contributed by atoms with Gasteiger partial charge >= 0.3 is 17.6 Å². The second-order valence-corrected chi connectivity index (χ2v) is 15.3. The maximum atomic E-state index is 13.2. The van der Waals surface area contributed by atoms with Crippen molar-refractivity contribution in [2.24, 2.45) is 5.10 Å². The predicted molar refractivity (Wildman–Crippen MR) is 157 cm³/mol. The number of carbonyl (C=O) groups is 2. The van der Waals surface area contributed by atoms with Gasteiger partial charge in [0, 0.05) is 92.7 Å². The fraction of sp³-hybridized carbons (Fsp3) is 0.680. The van der Waals surface area contributed by atoms with E-state index in [9.17, 15) is 9.59 Å². The molecule has 15 heteroatoms. The van der Waals surface area contributed by atoms with E-state index in [0.29, 0.717) is 68.8 Å². The molecule has 1 heterocycles. The van der Waals surface area contributed by atoms with Crippen LogP contribution in [0.2, 0.25) is 12.1 Å². The van der Waals surface area contributed by atoms with E-state index < -0.39 is 17.6 Å². The largest absolute Gasteiger partial charge is 0.500 e. The maximum Gasteiger partial charge on any atom is 0.500 e. The van der Waals surface area contributed by atoms with Gasteiger partial charge in [0.2, 0.25) is 5.91 Å². The lowest BCUT2D eigenvalue weighted by molar-refractivity contribution is -0.131. The van der Waals surface area contributed by atoms with Crippen molar-refractivity contribution in [2.45, 2.75) is 51.6 Å². The van der Waals surface area contributed by atoms with Crippen LogP contribution >= 0.6 is 0 Å². The minimum Gasteiger partial charge on any atom is -0.377 e. The lowest BCUT2D eigenvalue weighted by Gasteiger charge is -2.28. The number of carbonyl (C=O) groups excluding carboxylic acids is 2.